The van der Waals surface area contributed by atoms with Crippen LogP contribution in [0.3, 0.4) is 0 Å². The van der Waals surface area contributed by atoms with Gasteiger partial charge in [-0.15, -0.1) is 0 Å². The molecule has 2 N–H and O–H groups in total. The van der Waals surface area contributed by atoms with E-state index < -0.39 is 11.6 Å². The lowest BCUT2D eigenvalue weighted by Crippen LogP contribution is -2.35. The number of aryl methyl sites for hydroxylation is 2. The van der Waals surface area contributed by atoms with Gasteiger partial charge in [0.05, 0.1) is 5.69 Å². The Hall–Kier alpha value is -3.74. The normalized spacial score (nSPS) is 11.6. The predicted molar refractivity (Wildman–Crippen MR) is 122 cm³/mol. The molecule has 2 amide bonds. The van der Waals surface area contributed by atoms with Crippen molar-refractivity contribution in [3.8, 4) is 11.3 Å². The van der Waals surface area contributed by atoms with Crippen molar-refractivity contribution in [1.29, 1.82) is 0 Å². The molecule has 7 heteroatoms. The third-order valence-corrected chi connectivity index (χ3v) is 5.00. The van der Waals surface area contributed by atoms with Crippen LogP contribution in [0.2, 0.25) is 0 Å². The number of nitrogens with one attached hydrogen (secondary N) is 2. The third kappa shape index (κ3) is 5.06. The van der Waals surface area contributed by atoms with Crippen molar-refractivity contribution in [2.24, 2.45) is 0 Å². The van der Waals surface area contributed by atoms with Crippen LogP contribution in [0.15, 0.2) is 59.4 Å². The fourth-order valence-electron chi connectivity index (χ4n) is 3.07. The summed E-state index contributed by atoms with van der Waals surface area (Å²) in [6.45, 7) is 7.15. The van der Waals surface area contributed by atoms with Gasteiger partial charge in [0.15, 0.2) is 0 Å². The molecule has 0 aliphatic rings. The summed E-state index contributed by atoms with van der Waals surface area (Å²) < 4.78 is 1.12. The second-order valence-corrected chi connectivity index (χ2v) is 7.44. The van der Waals surface area contributed by atoms with Crippen LogP contribution in [0.1, 0.15) is 37.4 Å². The number of benzene rings is 2. The maximum atomic E-state index is 13.0. The molecule has 0 aliphatic carbocycles. The predicted octanol–water partition coefficient (Wildman–Crippen LogP) is 4.08. The van der Waals surface area contributed by atoms with Gasteiger partial charge < -0.3 is 10.6 Å². The molecule has 2 aromatic carbocycles. The molecule has 1 atom stereocenters. The highest BCUT2D eigenvalue weighted by Gasteiger charge is 2.22. The Balaban J connectivity index is 2.02. The number of nitrogens with zero attached hydrogens (tertiary/aromatic N) is 2. The van der Waals surface area contributed by atoms with Crippen LogP contribution in [0.4, 0.5) is 11.4 Å². The van der Waals surface area contributed by atoms with Gasteiger partial charge in [-0.25, -0.2) is 4.68 Å². The molecule has 3 aromatic rings. The van der Waals surface area contributed by atoms with Crippen molar-refractivity contribution in [3.63, 3.8) is 0 Å². The fraction of sp³-hybridized carbons (Fsp3) is 0.250. The van der Waals surface area contributed by atoms with E-state index >= 15 is 0 Å². The SMILES string of the molecule is CCC(=O)Nc1cc(-c2ccccc2)nn([C@H](C)C(=O)Nc2cc(C)ccc2C)c1=O. The van der Waals surface area contributed by atoms with Gasteiger partial charge in [0.2, 0.25) is 11.8 Å². The first kappa shape index (κ1) is 22.0. The lowest BCUT2D eigenvalue weighted by atomic mass is 10.1. The summed E-state index contributed by atoms with van der Waals surface area (Å²) in [5.74, 6) is -0.664. The van der Waals surface area contributed by atoms with Gasteiger partial charge in [0, 0.05) is 17.7 Å². The van der Waals surface area contributed by atoms with E-state index in [1.54, 1.807) is 13.8 Å². The number of rotatable bonds is 6. The molecule has 7 nitrogen and oxygen atoms in total. The van der Waals surface area contributed by atoms with E-state index in [1.807, 2.05) is 62.4 Å². The zero-order chi connectivity index (χ0) is 22.5. The molecular weight excluding hydrogens is 392 g/mol. The molecule has 0 unspecified atom stereocenters. The summed E-state index contributed by atoms with van der Waals surface area (Å²) in [6.07, 6.45) is 0.227. The van der Waals surface area contributed by atoms with E-state index in [0.29, 0.717) is 11.4 Å². The molecule has 0 saturated carbocycles. The van der Waals surface area contributed by atoms with Crippen LogP contribution >= 0.6 is 0 Å². The molecule has 0 bridgehead atoms. The van der Waals surface area contributed by atoms with Crippen molar-refractivity contribution < 1.29 is 9.59 Å². The van der Waals surface area contributed by atoms with E-state index in [2.05, 4.69) is 15.7 Å². The largest absolute Gasteiger partial charge is 0.324 e. The lowest BCUT2D eigenvalue weighted by molar-refractivity contribution is -0.119. The molecule has 0 aliphatic heterocycles. The molecule has 1 aromatic heterocycles. The van der Waals surface area contributed by atoms with Gasteiger partial charge in [0.25, 0.3) is 5.56 Å². The standard InChI is InChI=1S/C24H26N4O3/c1-5-22(29)25-21-14-20(18-9-7-6-8-10-18)27-28(24(21)31)17(4)23(30)26-19-13-15(2)11-12-16(19)3/h6-14,17H,5H2,1-4H3,(H,25,29)(H,26,30)/t17-/m1/s1. The highest BCUT2D eigenvalue weighted by Crippen LogP contribution is 2.21. The molecule has 1 heterocycles. The topological polar surface area (TPSA) is 93.1 Å². The van der Waals surface area contributed by atoms with Crippen molar-refractivity contribution in [2.75, 3.05) is 10.6 Å². The summed E-state index contributed by atoms with van der Waals surface area (Å²) in [4.78, 5) is 37.9. The minimum atomic E-state index is -0.895. The highest BCUT2D eigenvalue weighted by atomic mass is 16.2. The maximum absolute atomic E-state index is 13.0. The zero-order valence-electron chi connectivity index (χ0n) is 18.1. The Bertz CT molecular complexity index is 1170. The van der Waals surface area contributed by atoms with Crippen LogP contribution in [-0.2, 0) is 9.59 Å². The summed E-state index contributed by atoms with van der Waals surface area (Å²) in [7, 11) is 0. The summed E-state index contributed by atoms with van der Waals surface area (Å²) in [5.41, 5.74) is 3.42. The first-order chi connectivity index (χ1) is 14.8. The molecule has 0 saturated heterocycles. The molecular formula is C24H26N4O3. The number of hydrogen-bond donors (Lipinski definition) is 2. The van der Waals surface area contributed by atoms with Gasteiger partial charge in [-0.2, -0.15) is 5.10 Å². The van der Waals surface area contributed by atoms with E-state index in [0.717, 1.165) is 21.4 Å². The van der Waals surface area contributed by atoms with Crippen LogP contribution in [-0.4, -0.2) is 21.6 Å². The minimum Gasteiger partial charge on any atom is -0.324 e. The monoisotopic (exact) mass is 418 g/mol. The van der Waals surface area contributed by atoms with Crippen molar-refractivity contribution >= 4 is 23.2 Å². The number of hydrogen-bond acceptors (Lipinski definition) is 4. The second-order valence-electron chi connectivity index (χ2n) is 7.44. The Morgan fingerprint density at radius 3 is 2.39 bits per heavy atom. The van der Waals surface area contributed by atoms with E-state index in [-0.39, 0.29) is 23.9 Å². The minimum absolute atomic E-state index is 0.0899. The molecule has 3 rings (SSSR count). The molecule has 31 heavy (non-hydrogen) atoms. The molecule has 0 spiro atoms. The smallest absolute Gasteiger partial charge is 0.291 e. The van der Waals surface area contributed by atoms with Crippen LogP contribution < -0.4 is 16.2 Å². The van der Waals surface area contributed by atoms with Gasteiger partial charge in [-0.3, -0.25) is 14.4 Å². The van der Waals surface area contributed by atoms with Crippen molar-refractivity contribution in [1.82, 2.24) is 9.78 Å². The fourth-order valence-corrected chi connectivity index (χ4v) is 3.07. The van der Waals surface area contributed by atoms with Crippen molar-refractivity contribution in [3.05, 3.63) is 76.1 Å². The second kappa shape index (κ2) is 9.38. The van der Waals surface area contributed by atoms with E-state index in [1.165, 1.54) is 6.07 Å². The van der Waals surface area contributed by atoms with Gasteiger partial charge in [0.1, 0.15) is 11.7 Å². The third-order valence-electron chi connectivity index (χ3n) is 5.00. The van der Waals surface area contributed by atoms with Crippen LogP contribution in [0.5, 0.6) is 0 Å². The Morgan fingerprint density at radius 2 is 1.71 bits per heavy atom. The van der Waals surface area contributed by atoms with Crippen LogP contribution in [0.25, 0.3) is 11.3 Å². The lowest BCUT2D eigenvalue weighted by Gasteiger charge is -2.18. The first-order valence-corrected chi connectivity index (χ1v) is 10.2. The average molecular weight is 418 g/mol. The molecule has 0 fully saturated rings. The number of carbonyl (C=O) groups excluding carboxylic acids is 2. The Labute approximate surface area is 181 Å². The first-order valence-electron chi connectivity index (χ1n) is 10.2. The highest BCUT2D eigenvalue weighted by molar-refractivity contribution is 5.94. The van der Waals surface area contributed by atoms with Gasteiger partial charge in [-0.05, 0) is 44.0 Å². The molecule has 160 valence electrons. The number of anilines is 2. The van der Waals surface area contributed by atoms with Crippen molar-refractivity contribution in [2.45, 2.75) is 40.2 Å². The van der Waals surface area contributed by atoms with Gasteiger partial charge in [-0.1, -0.05) is 49.4 Å². The molecule has 0 radical (unpaired) electrons. The maximum Gasteiger partial charge on any atom is 0.291 e. The quantitative estimate of drug-likeness (QED) is 0.631. The van der Waals surface area contributed by atoms with Gasteiger partial charge >= 0.3 is 0 Å². The number of amides is 2. The number of carbonyl (C=O) groups is 2. The average Bonchev–Trinajstić information content (AvgIpc) is 2.77. The van der Waals surface area contributed by atoms with E-state index in [4.69, 9.17) is 0 Å². The summed E-state index contributed by atoms with van der Waals surface area (Å²) in [5, 5.41) is 9.94. The van der Waals surface area contributed by atoms with E-state index in [9.17, 15) is 14.4 Å². The number of aromatic nitrogens is 2. The van der Waals surface area contributed by atoms with Crippen LogP contribution in [0, 0.1) is 13.8 Å². The summed E-state index contributed by atoms with van der Waals surface area (Å²) >= 11 is 0. The Morgan fingerprint density at radius 1 is 1.00 bits per heavy atom. The summed E-state index contributed by atoms with van der Waals surface area (Å²) in [6, 6.07) is 15.7. The zero-order valence-corrected chi connectivity index (χ0v) is 18.1. The Kier molecular flexibility index (Phi) is 6.65.